The predicted octanol–water partition coefficient (Wildman–Crippen LogP) is 1.77. The summed E-state index contributed by atoms with van der Waals surface area (Å²) in [5, 5.41) is 4.07. The Labute approximate surface area is 113 Å². The third kappa shape index (κ3) is 2.80. The molecule has 0 aromatic carbocycles. The van der Waals surface area contributed by atoms with Crippen LogP contribution in [0.3, 0.4) is 0 Å². The van der Waals surface area contributed by atoms with E-state index < -0.39 is 5.60 Å². The van der Waals surface area contributed by atoms with Crippen LogP contribution in [0.15, 0.2) is 4.52 Å². The molecule has 108 valence electrons. The second-order valence-corrected chi connectivity index (χ2v) is 6.11. The molecule has 2 rings (SSSR count). The molecule has 0 unspecified atom stereocenters. The second-order valence-electron chi connectivity index (χ2n) is 6.11. The molecule has 6 heteroatoms. The second kappa shape index (κ2) is 5.19. The first-order chi connectivity index (χ1) is 8.89. The largest absolute Gasteiger partial charge is 0.381 e. The SMILES string of the molecule is COC1(c2noc([C@@H](N)C(C)(C)C)n2)CCOCC1. The zero-order valence-electron chi connectivity index (χ0n) is 12.1. The molecule has 1 aliphatic heterocycles. The van der Waals surface area contributed by atoms with Crippen LogP contribution < -0.4 is 5.73 Å². The molecule has 1 saturated heterocycles. The molecule has 19 heavy (non-hydrogen) atoms. The Hall–Kier alpha value is -0.980. The van der Waals surface area contributed by atoms with Gasteiger partial charge in [-0.15, -0.1) is 0 Å². The van der Waals surface area contributed by atoms with Gasteiger partial charge in [0.15, 0.2) is 0 Å². The van der Waals surface area contributed by atoms with E-state index in [0.29, 0.717) is 24.9 Å². The Morgan fingerprint density at radius 3 is 2.47 bits per heavy atom. The number of rotatable bonds is 3. The highest BCUT2D eigenvalue weighted by Gasteiger charge is 2.40. The molecular formula is C13H23N3O3. The lowest BCUT2D eigenvalue weighted by Crippen LogP contribution is -2.36. The molecule has 2 N–H and O–H groups in total. The van der Waals surface area contributed by atoms with Crippen LogP contribution >= 0.6 is 0 Å². The summed E-state index contributed by atoms with van der Waals surface area (Å²) in [4.78, 5) is 4.46. The molecule has 0 bridgehead atoms. The maximum atomic E-state index is 6.14. The summed E-state index contributed by atoms with van der Waals surface area (Å²) in [6.07, 6.45) is 1.46. The van der Waals surface area contributed by atoms with Crippen molar-refractivity contribution in [2.75, 3.05) is 20.3 Å². The van der Waals surface area contributed by atoms with E-state index >= 15 is 0 Å². The van der Waals surface area contributed by atoms with Gasteiger partial charge in [0.05, 0.1) is 6.04 Å². The highest BCUT2D eigenvalue weighted by atomic mass is 16.5. The molecule has 1 aliphatic rings. The van der Waals surface area contributed by atoms with E-state index in [1.54, 1.807) is 7.11 Å². The molecule has 0 amide bonds. The highest BCUT2D eigenvalue weighted by Crippen LogP contribution is 2.35. The maximum Gasteiger partial charge on any atom is 0.244 e. The minimum absolute atomic E-state index is 0.125. The van der Waals surface area contributed by atoms with E-state index in [1.807, 2.05) is 20.8 Å². The van der Waals surface area contributed by atoms with Gasteiger partial charge in [0.2, 0.25) is 11.7 Å². The molecule has 1 aromatic rings. The number of methoxy groups -OCH3 is 1. The van der Waals surface area contributed by atoms with Crippen LogP contribution in [0, 0.1) is 5.41 Å². The van der Waals surface area contributed by atoms with Gasteiger partial charge < -0.3 is 19.7 Å². The lowest BCUT2D eigenvalue weighted by atomic mass is 9.87. The maximum absolute atomic E-state index is 6.14. The van der Waals surface area contributed by atoms with Gasteiger partial charge in [-0.25, -0.2) is 0 Å². The number of nitrogens with two attached hydrogens (primary N) is 1. The van der Waals surface area contributed by atoms with Crippen LogP contribution in [0.4, 0.5) is 0 Å². The van der Waals surface area contributed by atoms with E-state index in [0.717, 1.165) is 12.8 Å². The van der Waals surface area contributed by atoms with Crippen molar-refractivity contribution in [1.82, 2.24) is 10.1 Å². The minimum atomic E-state index is -0.502. The number of aromatic nitrogens is 2. The van der Waals surface area contributed by atoms with Crippen molar-refractivity contribution in [1.29, 1.82) is 0 Å². The van der Waals surface area contributed by atoms with Gasteiger partial charge in [-0.2, -0.15) is 4.98 Å². The van der Waals surface area contributed by atoms with E-state index in [4.69, 9.17) is 19.7 Å². The fourth-order valence-electron chi connectivity index (χ4n) is 2.14. The van der Waals surface area contributed by atoms with Crippen LogP contribution in [0.25, 0.3) is 0 Å². The normalized spacial score (nSPS) is 21.3. The van der Waals surface area contributed by atoms with E-state index in [9.17, 15) is 0 Å². The third-order valence-electron chi connectivity index (χ3n) is 3.74. The van der Waals surface area contributed by atoms with E-state index in [-0.39, 0.29) is 11.5 Å². The zero-order valence-corrected chi connectivity index (χ0v) is 12.1. The monoisotopic (exact) mass is 269 g/mol. The van der Waals surface area contributed by atoms with Crippen molar-refractivity contribution < 1.29 is 14.0 Å². The molecule has 1 atom stereocenters. The quantitative estimate of drug-likeness (QED) is 0.900. The molecule has 0 aliphatic carbocycles. The summed E-state index contributed by atoms with van der Waals surface area (Å²) < 4.78 is 16.3. The molecule has 0 saturated carbocycles. The van der Waals surface area contributed by atoms with Gasteiger partial charge in [0, 0.05) is 33.2 Å². The van der Waals surface area contributed by atoms with Crippen LogP contribution in [0.5, 0.6) is 0 Å². The van der Waals surface area contributed by atoms with Crippen molar-refractivity contribution in [3.8, 4) is 0 Å². The molecule has 1 aromatic heterocycles. The molecular weight excluding hydrogens is 246 g/mol. The van der Waals surface area contributed by atoms with Crippen LogP contribution in [0.2, 0.25) is 0 Å². The summed E-state index contributed by atoms with van der Waals surface area (Å²) >= 11 is 0. The van der Waals surface area contributed by atoms with Gasteiger partial charge >= 0.3 is 0 Å². The van der Waals surface area contributed by atoms with Crippen LogP contribution in [-0.4, -0.2) is 30.5 Å². The standard InChI is InChI=1S/C13H23N3O3/c1-12(2,3)9(14)10-15-11(16-19-10)13(17-4)5-7-18-8-6-13/h9H,5-8,14H2,1-4H3/t9-/m1/s1. The van der Waals surface area contributed by atoms with Gasteiger partial charge in [-0.05, 0) is 5.41 Å². The van der Waals surface area contributed by atoms with Gasteiger partial charge in [-0.1, -0.05) is 25.9 Å². The zero-order chi connectivity index (χ0) is 14.1. The molecule has 0 radical (unpaired) electrons. The van der Waals surface area contributed by atoms with E-state index in [2.05, 4.69) is 10.1 Å². The number of hydrogen-bond acceptors (Lipinski definition) is 6. The Morgan fingerprint density at radius 1 is 1.32 bits per heavy atom. The average molecular weight is 269 g/mol. The Bertz CT molecular complexity index is 419. The molecule has 1 fully saturated rings. The first kappa shape index (κ1) is 14.4. The summed E-state index contributed by atoms with van der Waals surface area (Å²) in [6, 6.07) is -0.289. The lowest BCUT2D eigenvalue weighted by molar-refractivity contribution is -0.101. The van der Waals surface area contributed by atoms with Crippen molar-refractivity contribution in [3.63, 3.8) is 0 Å². The summed E-state index contributed by atoms with van der Waals surface area (Å²) in [7, 11) is 1.67. The first-order valence-electron chi connectivity index (χ1n) is 6.62. The highest BCUT2D eigenvalue weighted by molar-refractivity contribution is 5.05. The Balaban J connectivity index is 2.24. The molecule has 2 heterocycles. The number of hydrogen-bond donors (Lipinski definition) is 1. The third-order valence-corrected chi connectivity index (χ3v) is 3.74. The number of nitrogens with zero attached hydrogens (tertiary/aromatic N) is 2. The Morgan fingerprint density at radius 2 is 1.95 bits per heavy atom. The van der Waals surface area contributed by atoms with E-state index in [1.165, 1.54) is 0 Å². The summed E-state index contributed by atoms with van der Waals surface area (Å²) in [5.74, 6) is 1.04. The predicted molar refractivity (Wildman–Crippen MR) is 69.4 cm³/mol. The topological polar surface area (TPSA) is 83.4 Å². The van der Waals surface area contributed by atoms with Crippen molar-refractivity contribution in [3.05, 3.63) is 11.7 Å². The minimum Gasteiger partial charge on any atom is -0.381 e. The fraction of sp³-hybridized carbons (Fsp3) is 0.846. The van der Waals surface area contributed by atoms with Crippen molar-refractivity contribution in [2.45, 2.75) is 45.3 Å². The fourth-order valence-corrected chi connectivity index (χ4v) is 2.14. The molecule has 6 nitrogen and oxygen atoms in total. The smallest absolute Gasteiger partial charge is 0.244 e. The van der Waals surface area contributed by atoms with Crippen molar-refractivity contribution >= 4 is 0 Å². The van der Waals surface area contributed by atoms with Crippen LogP contribution in [0.1, 0.15) is 51.4 Å². The molecule has 0 spiro atoms. The van der Waals surface area contributed by atoms with Gasteiger partial charge in [0.25, 0.3) is 0 Å². The first-order valence-corrected chi connectivity index (χ1v) is 6.62. The number of ether oxygens (including phenoxy) is 2. The van der Waals surface area contributed by atoms with Crippen molar-refractivity contribution in [2.24, 2.45) is 11.1 Å². The van der Waals surface area contributed by atoms with Gasteiger partial charge in [0.1, 0.15) is 5.60 Å². The average Bonchev–Trinajstić information content (AvgIpc) is 2.87. The lowest BCUT2D eigenvalue weighted by Gasteiger charge is -2.32. The Kier molecular flexibility index (Phi) is 3.94. The van der Waals surface area contributed by atoms with Gasteiger partial charge in [-0.3, -0.25) is 0 Å². The summed E-state index contributed by atoms with van der Waals surface area (Å²) in [5.41, 5.74) is 5.51. The summed E-state index contributed by atoms with van der Waals surface area (Å²) in [6.45, 7) is 7.41. The van der Waals surface area contributed by atoms with Crippen LogP contribution in [-0.2, 0) is 15.1 Å².